The van der Waals surface area contributed by atoms with Gasteiger partial charge in [-0.05, 0) is 66.4 Å². The molecule has 1 N–H and O–H groups in total. The molecule has 1 aliphatic carbocycles. The van der Waals surface area contributed by atoms with E-state index in [0.29, 0.717) is 15.9 Å². The summed E-state index contributed by atoms with van der Waals surface area (Å²) in [6.07, 6.45) is -0.338. The predicted octanol–water partition coefficient (Wildman–Crippen LogP) is 8.95. The maximum absolute atomic E-state index is 14.7. The highest BCUT2D eigenvalue weighted by molar-refractivity contribution is 7.92. The van der Waals surface area contributed by atoms with Crippen molar-refractivity contribution in [1.29, 1.82) is 0 Å². The molecule has 1 unspecified atom stereocenters. The zero-order chi connectivity index (χ0) is 36.8. The van der Waals surface area contributed by atoms with Gasteiger partial charge < -0.3 is 10.2 Å². The summed E-state index contributed by atoms with van der Waals surface area (Å²) in [6, 6.07) is 21.6. The molecule has 4 aromatic rings. The number of anilines is 1. The second-order valence-electron chi connectivity index (χ2n) is 12.3. The third-order valence-electron chi connectivity index (χ3n) is 8.71. The molecule has 51 heavy (non-hydrogen) atoms. The normalized spacial score (nSPS) is 14.5. The lowest BCUT2D eigenvalue weighted by atomic mass is 9.94. The Labute approximate surface area is 310 Å². The van der Waals surface area contributed by atoms with Gasteiger partial charge in [-0.15, -0.1) is 0 Å². The van der Waals surface area contributed by atoms with Crippen molar-refractivity contribution in [2.24, 2.45) is 0 Å². The van der Waals surface area contributed by atoms with Crippen molar-refractivity contribution in [1.82, 2.24) is 10.2 Å². The highest BCUT2D eigenvalue weighted by atomic mass is 35.5. The van der Waals surface area contributed by atoms with Crippen LogP contribution in [-0.4, -0.2) is 43.8 Å². The van der Waals surface area contributed by atoms with Crippen molar-refractivity contribution in [3.8, 4) is 0 Å². The summed E-state index contributed by atoms with van der Waals surface area (Å²) in [7, 11) is -4.69. The topological polar surface area (TPSA) is 86.8 Å². The first-order valence-corrected chi connectivity index (χ1v) is 18.8. The molecule has 0 spiro atoms. The molecule has 0 aromatic heterocycles. The third kappa shape index (κ3) is 9.77. The highest BCUT2D eigenvalue weighted by Gasteiger charge is 2.38. The van der Waals surface area contributed by atoms with Gasteiger partial charge >= 0.3 is 6.18 Å². The van der Waals surface area contributed by atoms with E-state index < -0.39 is 51.9 Å². The van der Waals surface area contributed by atoms with Crippen LogP contribution in [0.3, 0.4) is 0 Å². The molecule has 7 nitrogen and oxygen atoms in total. The van der Waals surface area contributed by atoms with Gasteiger partial charge in [-0.25, -0.2) is 8.42 Å². The monoisotopic (exact) mass is 779 g/mol. The van der Waals surface area contributed by atoms with Gasteiger partial charge in [-0.2, -0.15) is 13.2 Å². The molecule has 5 rings (SSSR count). The lowest BCUT2D eigenvalue weighted by Gasteiger charge is -2.35. The van der Waals surface area contributed by atoms with Crippen molar-refractivity contribution >= 4 is 62.3 Å². The number of benzene rings is 4. The van der Waals surface area contributed by atoms with Crippen LogP contribution < -0.4 is 9.62 Å². The van der Waals surface area contributed by atoms with Crippen LogP contribution in [0.1, 0.15) is 48.8 Å². The van der Waals surface area contributed by atoms with Gasteiger partial charge in [-0.3, -0.25) is 13.9 Å². The van der Waals surface area contributed by atoms with Crippen LogP contribution in [0.25, 0.3) is 0 Å². The number of carbonyl (C=O) groups excluding carboxylic acids is 2. The summed E-state index contributed by atoms with van der Waals surface area (Å²) >= 11 is 18.9. The number of carbonyl (C=O) groups is 2. The van der Waals surface area contributed by atoms with E-state index >= 15 is 0 Å². The van der Waals surface area contributed by atoms with E-state index in [1.165, 1.54) is 41.3 Å². The minimum atomic E-state index is -4.84. The molecule has 0 saturated heterocycles. The Morgan fingerprint density at radius 3 is 2.04 bits per heavy atom. The number of hydrogen-bond donors (Lipinski definition) is 1. The summed E-state index contributed by atoms with van der Waals surface area (Å²) in [5, 5.41) is 3.22. The maximum Gasteiger partial charge on any atom is 0.416 e. The van der Waals surface area contributed by atoms with Crippen molar-refractivity contribution in [2.75, 3.05) is 10.8 Å². The van der Waals surface area contributed by atoms with E-state index in [2.05, 4.69) is 5.32 Å². The molecule has 0 aliphatic heterocycles. The Kier molecular flexibility index (Phi) is 12.6. The smallest absolute Gasteiger partial charge is 0.352 e. The second-order valence-corrected chi connectivity index (χ2v) is 15.4. The van der Waals surface area contributed by atoms with E-state index in [4.69, 9.17) is 34.8 Å². The minimum Gasteiger partial charge on any atom is -0.352 e. The average Bonchev–Trinajstić information content (AvgIpc) is 3.11. The minimum absolute atomic E-state index is 0.0577. The number of nitrogens with zero attached hydrogens (tertiary/aromatic N) is 2. The SMILES string of the molecule is O=C(NC1CCCCC1)C(Cc1ccccc1)N(Cc1ccc(Cl)c(Cl)c1)C(=O)CN(c1cc(C(F)(F)F)ccc1Cl)S(=O)(=O)c1ccccc1. The fourth-order valence-electron chi connectivity index (χ4n) is 6.05. The van der Waals surface area contributed by atoms with Crippen molar-refractivity contribution < 1.29 is 31.2 Å². The van der Waals surface area contributed by atoms with Gasteiger partial charge in [0.2, 0.25) is 11.8 Å². The molecule has 1 fully saturated rings. The summed E-state index contributed by atoms with van der Waals surface area (Å²) in [4.78, 5) is 29.9. The first kappa shape index (κ1) is 38.5. The number of halogens is 6. The fourth-order valence-corrected chi connectivity index (χ4v) is 8.08. The molecule has 4 aromatic carbocycles. The van der Waals surface area contributed by atoms with Crippen LogP contribution in [0.15, 0.2) is 102 Å². The fraction of sp³-hybridized carbons (Fsp3) is 0.297. The zero-order valence-electron chi connectivity index (χ0n) is 27.3. The third-order valence-corrected chi connectivity index (χ3v) is 11.5. The number of hydrogen-bond acceptors (Lipinski definition) is 4. The summed E-state index contributed by atoms with van der Waals surface area (Å²) in [5.74, 6) is -1.32. The number of rotatable bonds is 12. The van der Waals surface area contributed by atoms with Gasteiger partial charge in [0.1, 0.15) is 12.6 Å². The molecule has 270 valence electrons. The molecular weight excluding hydrogens is 746 g/mol. The number of alkyl halides is 3. The van der Waals surface area contributed by atoms with E-state index in [0.717, 1.165) is 49.8 Å². The largest absolute Gasteiger partial charge is 0.416 e. The van der Waals surface area contributed by atoms with Gasteiger partial charge in [0.05, 0.1) is 31.2 Å². The summed E-state index contributed by atoms with van der Waals surface area (Å²) < 4.78 is 70.7. The number of amides is 2. The molecular formula is C37H35Cl3F3N3O4S. The van der Waals surface area contributed by atoms with Crippen LogP contribution in [0.4, 0.5) is 18.9 Å². The van der Waals surface area contributed by atoms with E-state index in [1.807, 2.05) is 6.07 Å². The second kappa shape index (κ2) is 16.7. The van der Waals surface area contributed by atoms with E-state index in [1.54, 1.807) is 36.4 Å². The zero-order valence-corrected chi connectivity index (χ0v) is 30.3. The van der Waals surface area contributed by atoms with Gasteiger partial charge in [0.25, 0.3) is 10.0 Å². The van der Waals surface area contributed by atoms with Crippen LogP contribution in [0.5, 0.6) is 0 Å². The lowest BCUT2D eigenvalue weighted by Crippen LogP contribution is -2.55. The van der Waals surface area contributed by atoms with Crippen LogP contribution in [0.2, 0.25) is 15.1 Å². The number of sulfonamides is 1. The molecule has 14 heteroatoms. The summed E-state index contributed by atoms with van der Waals surface area (Å²) in [5.41, 5.74) is -0.507. The molecule has 1 aliphatic rings. The van der Waals surface area contributed by atoms with Crippen LogP contribution in [-0.2, 0) is 38.8 Å². The molecule has 0 bridgehead atoms. The Hall–Kier alpha value is -3.77. The van der Waals surface area contributed by atoms with Crippen LogP contribution >= 0.6 is 34.8 Å². The summed E-state index contributed by atoms with van der Waals surface area (Å²) in [6.45, 7) is -1.19. The first-order valence-electron chi connectivity index (χ1n) is 16.3. The predicted molar refractivity (Wildman–Crippen MR) is 193 cm³/mol. The quantitative estimate of drug-likeness (QED) is 0.156. The van der Waals surface area contributed by atoms with Gasteiger partial charge in [0, 0.05) is 19.0 Å². The van der Waals surface area contributed by atoms with Crippen molar-refractivity contribution in [2.45, 2.75) is 68.2 Å². The average molecular weight is 781 g/mol. The molecule has 2 amide bonds. The molecule has 1 saturated carbocycles. The molecule has 0 radical (unpaired) electrons. The van der Waals surface area contributed by atoms with Crippen molar-refractivity contribution in [3.63, 3.8) is 0 Å². The Morgan fingerprint density at radius 2 is 1.41 bits per heavy atom. The maximum atomic E-state index is 14.7. The highest BCUT2D eigenvalue weighted by Crippen LogP contribution is 2.37. The Morgan fingerprint density at radius 1 is 0.784 bits per heavy atom. The standard InChI is InChI=1S/C37H35Cl3F3N3O4S/c38-30-18-16-26(20-32(30)40)23-45(34(21-25-10-4-1-5-11-25)36(48)44-28-12-6-2-7-13-28)35(47)24-46(51(49,50)29-14-8-3-9-15-29)33-22-27(37(41,42)43)17-19-31(33)39/h1,3-5,8-11,14-20,22,28,34H,2,6-7,12-13,21,23-24H2,(H,44,48). The van der Waals surface area contributed by atoms with Crippen molar-refractivity contribution in [3.05, 3.63) is 129 Å². The first-order chi connectivity index (χ1) is 24.2. The lowest BCUT2D eigenvalue weighted by molar-refractivity contribution is -0.140. The van der Waals surface area contributed by atoms with Crippen LogP contribution in [0, 0.1) is 0 Å². The Balaban J connectivity index is 1.62. The molecule has 0 heterocycles. The van der Waals surface area contributed by atoms with E-state index in [-0.39, 0.29) is 39.0 Å². The Bertz CT molecular complexity index is 1950. The van der Waals surface area contributed by atoms with Gasteiger partial charge in [0.15, 0.2) is 0 Å². The number of nitrogens with one attached hydrogen (secondary N) is 1. The van der Waals surface area contributed by atoms with E-state index in [9.17, 15) is 31.2 Å². The van der Waals surface area contributed by atoms with Gasteiger partial charge in [-0.1, -0.05) is 109 Å². The molecule has 1 atom stereocenters.